The molecule has 0 saturated carbocycles. The largest absolute Gasteiger partial charge is 0.397 e. The van der Waals surface area contributed by atoms with E-state index in [2.05, 4.69) is 22.4 Å². The number of hydrogen-bond donors (Lipinski definition) is 3. The zero-order valence-electron chi connectivity index (χ0n) is 12.8. The second kappa shape index (κ2) is 8.95. The fourth-order valence-corrected chi connectivity index (χ4v) is 2.12. The number of anilines is 2. The third kappa shape index (κ3) is 4.97. The Labute approximate surface area is 138 Å². The van der Waals surface area contributed by atoms with E-state index in [1.807, 2.05) is 43.3 Å². The van der Waals surface area contributed by atoms with E-state index in [1.54, 1.807) is 0 Å². The van der Waals surface area contributed by atoms with E-state index in [0.29, 0.717) is 12.4 Å². The van der Waals surface area contributed by atoms with Gasteiger partial charge in [0.15, 0.2) is 0 Å². The molecule has 0 aliphatic rings. The Morgan fingerprint density at radius 3 is 2.55 bits per heavy atom. The molecule has 0 aliphatic carbocycles. The van der Waals surface area contributed by atoms with Crippen LogP contribution in [0.15, 0.2) is 53.5 Å². The van der Waals surface area contributed by atoms with Crippen molar-refractivity contribution in [2.24, 2.45) is 10.7 Å². The van der Waals surface area contributed by atoms with Crippen molar-refractivity contribution >= 4 is 29.6 Å². The van der Waals surface area contributed by atoms with Crippen molar-refractivity contribution in [3.05, 3.63) is 59.7 Å². The minimum Gasteiger partial charge on any atom is -0.397 e. The van der Waals surface area contributed by atoms with Gasteiger partial charge in [-0.1, -0.05) is 30.3 Å². The monoisotopic (exact) mass is 318 g/mol. The predicted octanol–water partition coefficient (Wildman–Crippen LogP) is 3.07. The average Bonchev–Trinajstić information content (AvgIpc) is 2.50. The van der Waals surface area contributed by atoms with E-state index in [9.17, 15) is 0 Å². The van der Waals surface area contributed by atoms with Gasteiger partial charge in [-0.25, -0.2) is 0 Å². The summed E-state index contributed by atoms with van der Waals surface area (Å²) in [7, 11) is 0. The first-order valence-corrected chi connectivity index (χ1v) is 7.18. The number of nitrogens with two attached hydrogens (primary N) is 2. The molecular weight excluding hydrogens is 296 g/mol. The molecule has 118 valence electrons. The lowest BCUT2D eigenvalue weighted by atomic mass is 10.1. The maximum Gasteiger partial charge on any atom is 0.125 e. The molecule has 22 heavy (non-hydrogen) atoms. The van der Waals surface area contributed by atoms with Crippen LogP contribution < -0.4 is 16.8 Å². The summed E-state index contributed by atoms with van der Waals surface area (Å²) in [6, 6.07) is 16.1. The zero-order valence-corrected chi connectivity index (χ0v) is 13.6. The Morgan fingerprint density at radius 1 is 1.14 bits per heavy atom. The van der Waals surface area contributed by atoms with Gasteiger partial charge in [0.2, 0.25) is 0 Å². The number of rotatable bonds is 6. The van der Waals surface area contributed by atoms with Crippen molar-refractivity contribution in [2.75, 3.05) is 24.1 Å². The topological polar surface area (TPSA) is 76.4 Å². The first kappa shape index (κ1) is 17.9. The maximum absolute atomic E-state index is 6.00. The maximum atomic E-state index is 6.00. The molecular formula is C17H23ClN4. The van der Waals surface area contributed by atoms with Gasteiger partial charge in [0, 0.05) is 18.7 Å². The molecule has 0 unspecified atom stereocenters. The van der Waals surface area contributed by atoms with Crippen molar-refractivity contribution in [2.45, 2.75) is 13.3 Å². The van der Waals surface area contributed by atoms with Crippen LogP contribution in [0, 0.1) is 0 Å². The Balaban J connectivity index is 0.00000242. The standard InChI is InChI=1S/C17H22N4.ClH/c1-2-20-17(19)14-8-9-15(18)16(12-14)21-11-10-13-6-4-3-5-7-13;/h3-9,12,21H,2,10-11,18H2,1H3,(H2,19,20);1H. The molecule has 0 bridgehead atoms. The van der Waals surface area contributed by atoms with E-state index in [1.165, 1.54) is 5.56 Å². The molecule has 4 nitrogen and oxygen atoms in total. The van der Waals surface area contributed by atoms with Crippen molar-refractivity contribution in [1.82, 2.24) is 0 Å². The predicted molar refractivity (Wildman–Crippen MR) is 98.0 cm³/mol. The minimum absolute atomic E-state index is 0. The number of nitrogen functional groups attached to an aromatic ring is 1. The van der Waals surface area contributed by atoms with Crippen molar-refractivity contribution in [1.29, 1.82) is 0 Å². The van der Waals surface area contributed by atoms with E-state index in [4.69, 9.17) is 11.5 Å². The Bertz CT molecular complexity index is 611. The summed E-state index contributed by atoms with van der Waals surface area (Å²) in [4.78, 5) is 4.22. The molecule has 5 N–H and O–H groups in total. The van der Waals surface area contributed by atoms with Crippen LogP contribution in [-0.2, 0) is 6.42 Å². The molecule has 2 rings (SSSR count). The lowest BCUT2D eigenvalue weighted by Gasteiger charge is -2.11. The first-order valence-electron chi connectivity index (χ1n) is 7.18. The molecule has 0 aliphatic heterocycles. The second-order valence-electron chi connectivity index (χ2n) is 4.82. The molecule has 0 saturated heterocycles. The number of nitrogens with one attached hydrogen (secondary N) is 1. The molecule has 5 heteroatoms. The highest BCUT2D eigenvalue weighted by Crippen LogP contribution is 2.20. The molecule has 0 radical (unpaired) electrons. The zero-order chi connectivity index (χ0) is 15.1. The van der Waals surface area contributed by atoms with E-state index in [-0.39, 0.29) is 12.4 Å². The van der Waals surface area contributed by atoms with Gasteiger partial charge in [-0.15, -0.1) is 12.4 Å². The molecule has 0 aromatic heterocycles. The highest BCUT2D eigenvalue weighted by Gasteiger charge is 2.04. The smallest absolute Gasteiger partial charge is 0.125 e. The van der Waals surface area contributed by atoms with Gasteiger partial charge in [-0.2, -0.15) is 0 Å². The van der Waals surface area contributed by atoms with Crippen molar-refractivity contribution < 1.29 is 0 Å². The summed E-state index contributed by atoms with van der Waals surface area (Å²) < 4.78 is 0. The molecule has 0 heterocycles. The van der Waals surface area contributed by atoms with Gasteiger partial charge in [-0.3, -0.25) is 4.99 Å². The number of halogens is 1. The highest BCUT2D eigenvalue weighted by molar-refractivity contribution is 5.99. The molecule has 0 atom stereocenters. The van der Waals surface area contributed by atoms with Crippen LogP contribution in [0.5, 0.6) is 0 Å². The summed E-state index contributed by atoms with van der Waals surface area (Å²) in [5.74, 6) is 0.545. The van der Waals surface area contributed by atoms with Gasteiger partial charge in [0.1, 0.15) is 5.84 Å². The summed E-state index contributed by atoms with van der Waals surface area (Å²) in [5.41, 5.74) is 15.7. The fraction of sp³-hybridized carbons (Fsp3) is 0.235. The van der Waals surface area contributed by atoms with Crippen LogP contribution in [-0.4, -0.2) is 18.9 Å². The number of benzene rings is 2. The van der Waals surface area contributed by atoms with Gasteiger partial charge >= 0.3 is 0 Å². The van der Waals surface area contributed by atoms with E-state index in [0.717, 1.165) is 29.9 Å². The number of aliphatic imine (C=N–C) groups is 1. The van der Waals surface area contributed by atoms with Crippen LogP contribution in [0.25, 0.3) is 0 Å². The summed E-state index contributed by atoms with van der Waals surface area (Å²) in [6.07, 6.45) is 0.947. The van der Waals surface area contributed by atoms with E-state index >= 15 is 0 Å². The molecule has 0 spiro atoms. The summed E-state index contributed by atoms with van der Waals surface area (Å²) in [5, 5.41) is 3.36. The Hall–Kier alpha value is -2.20. The number of amidine groups is 1. The third-order valence-corrected chi connectivity index (χ3v) is 3.25. The van der Waals surface area contributed by atoms with Gasteiger partial charge < -0.3 is 16.8 Å². The van der Waals surface area contributed by atoms with Crippen LogP contribution in [0.4, 0.5) is 11.4 Å². The third-order valence-electron chi connectivity index (χ3n) is 3.25. The Kier molecular flexibility index (Phi) is 7.26. The quantitative estimate of drug-likeness (QED) is 0.435. The summed E-state index contributed by atoms with van der Waals surface area (Å²) >= 11 is 0. The van der Waals surface area contributed by atoms with Crippen LogP contribution in [0.3, 0.4) is 0 Å². The van der Waals surface area contributed by atoms with Gasteiger partial charge in [0.25, 0.3) is 0 Å². The highest BCUT2D eigenvalue weighted by atomic mass is 35.5. The summed E-state index contributed by atoms with van der Waals surface area (Å²) in [6.45, 7) is 3.46. The molecule has 2 aromatic carbocycles. The van der Waals surface area contributed by atoms with Crippen LogP contribution in [0.2, 0.25) is 0 Å². The van der Waals surface area contributed by atoms with Gasteiger partial charge in [-0.05, 0) is 37.1 Å². The molecule has 2 aromatic rings. The number of hydrogen-bond acceptors (Lipinski definition) is 3. The second-order valence-corrected chi connectivity index (χ2v) is 4.82. The lowest BCUT2D eigenvalue weighted by Crippen LogP contribution is -2.15. The SMILES string of the molecule is CCN=C(N)c1ccc(N)c(NCCc2ccccc2)c1.Cl. The van der Waals surface area contributed by atoms with Crippen LogP contribution >= 0.6 is 12.4 Å². The Morgan fingerprint density at radius 2 is 1.86 bits per heavy atom. The van der Waals surface area contributed by atoms with Crippen molar-refractivity contribution in [3.63, 3.8) is 0 Å². The normalized spacial score (nSPS) is 10.9. The van der Waals surface area contributed by atoms with Gasteiger partial charge in [0.05, 0.1) is 11.4 Å². The van der Waals surface area contributed by atoms with E-state index < -0.39 is 0 Å². The van der Waals surface area contributed by atoms with Crippen LogP contribution in [0.1, 0.15) is 18.1 Å². The molecule has 0 fully saturated rings. The first-order chi connectivity index (χ1) is 10.2. The molecule has 0 amide bonds. The fourth-order valence-electron chi connectivity index (χ4n) is 2.12. The lowest BCUT2D eigenvalue weighted by molar-refractivity contribution is 1.02. The number of nitrogens with zero attached hydrogens (tertiary/aromatic N) is 1. The van der Waals surface area contributed by atoms with Crippen molar-refractivity contribution in [3.8, 4) is 0 Å². The minimum atomic E-state index is 0. The average molecular weight is 319 g/mol.